The van der Waals surface area contributed by atoms with E-state index in [2.05, 4.69) is 35.2 Å². The number of hydrogen-bond acceptors (Lipinski definition) is 5. The van der Waals surface area contributed by atoms with Crippen LogP contribution in [0, 0.1) is 5.41 Å². The summed E-state index contributed by atoms with van der Waals surface area (Å²) in [5.74, 6) is 0. The van der Waals surface area contributed by atoms with Crippen molar-refractivity contribution in [2.45, 2.75) is 43.6 Å². The highest BCUT2D eigenvalue weighted by Crippen LogP contribution is 2.29. The van der Waals surface area contributed by atoms with Gasteiger partial charge in [0, 0.05) is 40.6 Å². The summed E-state index contributed by atoms with van der Waals surface area (Å²) >= 11 is 4.38. The number of hydrogen-bond donors (Lipinski definition) is 3. The number of benzene rings is 2. The molecule has 0 saturated carbocycles. The average molecular weight is 421 g/mol. The van der Waals surface area contributed by atoms with Gasteiger partial charge in [0.15, 0.2) is 0 Å². The van der Waals surface area contributed by atoms with Crippen molar-refractivity contribution < 1.29 is 4.74 Å². The van der Waals surface area contributed by atoms with E-state index < -0.39 is 0 Å². The van der Waals surface area contributed by atoms with Crippen molar-refractivity contribution >= 4 is 24.0 Å². The highest BCUT2D eigenvalue weighted by atomic mass is 32.1. The lowest BCUT2D eigenvalue weighted by atomic mass is 10.0. The molecule has 2 heterocycles. The summed E-state index contributed by atoms with van der Waals surface area (Å²) < 4.78 is 7.81. The Morgan fingerprint density at radius 3 is 2.77 bits per heavy atom. The molecule has 1 unspecified atom stereocenters. The van der Waals surface area contributed by atoms with Gasteiger partial charge >= 0.3 is 0 Å². The summed E-state index contributed by atoms with van der Waals surface area (Å²) in [5.41, 5.74) is 5.61. The Labute approximate surface area is 183 Å². The third kappa shape index (κ3) is 4.60. The Morgan fingerprint density at radius 2 is 2.03 bits per heavy atom. The van der Waals surface area contributed by atoms with Crippen LogP contribution in [0.5, 0.6) is 0 Å². The molecule has 0 radical (unpaired) electrons. The molecule has 0 bridgehead atoms. The summed E-state index contributed by atoms with van der Waals surface area (Å²) in [6.45, 7) is 3.62. The van der Waals surface area contributed by atoms with Crippen LogP contribution in [0.2, 0.25) is 0 Å². The van der Waals surface area contributed by atoms with Gasteiger partial charge in [-0.05, 0) is 62.1 Å². The molecule has 1 aromatic heterocycles. The molecule has 156 valence electrons. The van der Waals surface area contributed by atoms with Gasteiger partial charge in [0.25, 0.3) is 0 Å². The fourth-order valence-corrected chi connectivity index (χ4v) is 3.97. The lowest BCUT2D eigenvalue weighted by Gasteiger charge is -2.24. The van der Waals surface area contributed by atoms with Crippen LogP contribution in [0.15, 0.2) is 59.6 Å². The molecular weight excluding hydrogens is 392 g/mol. The van der Waals surface area contributed by atoms with E-state index in [-0.39, 0.29) is 6.10 Å². The van der Waals surface area contributed by atoms with Crippen molar-refractivity contribution in [1.29, 1.82) is 5.41 Å². The van der Waals surface area contributed by atoms with E-state index in [4.69, 9.17) is 10.1 Å². The van der Waals surface area contributed by atoms with Gasteiger partial charge in [0.1, 0.15) is 0 Å². The van der Waals surface area contributed by atoms with Crippen LogP contribution in [0.25, 0.3) is 16.9 Å². The third-order valence-electron chi connectivity index (χ3n) is 5.53. The molecule has 1 aliphatic rings. The number of nitrogens with one attached hydrogen (secondary N) is 2. The smallest absolute Gasteiger partial charge is 0.0747 e. The van der Waals surface area contributed by atoms with Gasteiger partial charge in [-0.15, -0.1) is 12.6 Å². The molecule has 2 aromatic carbocycles. The molecule has 0 spiro atoms. The van der Waals surface area contributed by atoms with Gasteiger partial charge in [-0.3, -0.25) is 0 Å². The van der Waals surface area contributed by atoms with Crippen molar-refractivity contribution in [2.75, 3.05) is 18.5 Å². The zero-order valence-electron chi connectivity index (χ0n) is 17.3. The van der Waals surface area contributed by atoms with E-state index in [1.54, 1.807) is 0 Å². The fraction of sp³-hybridized carbons (Fsp3) is 0.333. The number of anilines is 1. The second-order valence-electron chi connectivity index (χ2n) is 7.61. The Kier molecular flexibility index (Phi) is 6.55. The van der Waals surface area contributed by atoms with E-state index in [1.165, 1.54) is 6.42 Å². The monoisotopic (exact) mass is 420 g/mol. The lowest BCUT2D eigenvalue weighted by molar-refractivity contribution is 0.0247. The first kappa shape index (κ1) is 20.7. The summed E-state index contributed by atoms with van der Waals surface area (Å²) in [7, 11) is 0. The van der Waals surface area contributed by atoms with Gasteiger partial charge in [-0.1, -0.05) is 19.1 Å². The number of aromatic nitrogens is 2. The van der Waals surface area contributed by atoms with Crippen LogP contribution in [0.3, 0.4) is 0 Å². The number of rotatable bonds is 7. The first-order valence-electron chi connectivity index (χ1n) is 10.6. The maximum Gasteiger partial charge on any atom is 0.0747 e. The molecule has 1 saturated heterocycles. The predicted octanol–water partition coefficient (Wildman–Crippen LogP) is 5.59. The first-order chi connectivity index (χ1) is 14.7. The number of nitrogens with zero attached hydrogens (tertiary/aromatic N) is 2. The van der Waals surface area contributed by atoms with Gasteiger partial charge in [0.05, 0.1) is 23.7 Å². The van der Waals surface area contributed by atoms with E-state index >= 15 is 0 Å². The molecule has 2 N–H and O–H groups in total. The van der Waals surface area contributed by atoms with Crippen LogP contribution < -0.4 is 5.32 Å². The Bertz CT molecular complexity index is 1010. The lowest BCUT2D eigenvalue weighted by Crippen LogP contribution is -2.27. The van der Waals surface area contributed by atoms with E-state index in [0.29, 0.717) is 12.1 Å². The van der Waals surface area contributed by atoms with Crippen LogP contribution >= 0.6 is 12.6 Å². The first-order valence-corrected chi connectivity index (χ1v) is 11.0. The predicted molar refractivity (Wildman–Crippen MR) is 125 cm³/mol. The summed E-state index contributed by atoms with van der Waals surface area (Å²) in [6.07, 6.45) is 6.19. The van der Waals surface area contributed by atoms with Gasteiger partial charge in [-0.25, -0.2) is 4.68 Å². The van der Waals surface area contributed by atoms with Gasteiger partial charge in [0.2, 0.25) is 0 Å². The molecule has 3 aromatic rings. The van der Waals surface area contributed by atoms with Crippen molar-refractivity contribution in [3.8, 4) is 16.9 Å². The highest BCUT2D eigenvalue weighted by Gasteiger charge is 2.16. The molecule has 1 atom stereocenters. The van der Waals surface area contributed by atoms with Crippen LogP contribution in [-0.4, -0.2) is 34.7 Å². The normalized spacial score (nSPS) is 16.4. The van der Waals surface area contributed by atoms with Crippen molar-refractivity contribution in [3.63, 3.8) is 0 Å². The number of ether oxygens (including phenoxy) is 1. The van der Waals surface area contributed by atoms with E-state index in [0.717, 1.165) is 59.1 Å². The minimum atomic E-state index is 0.233. The SMILES string of the molecule is CCC(=N)c1ccc(-c2ccnn2-c2ccc(S)cc2)cc1NCC1CCCCO1. The maximum absolute atomic E-state index is 8.39. The molecule has 1 aliphatic heterocycles. The Hall–Kier alpha value is -2.57. The molecule has 4 rings (SSSR count). The largest absolute Gasteiger partial charge is 0.382 e. The maximum atomic E-state index is 8.39. The average Bonchev–Trinajstić information content (AvgIpc) is 3.28. The third-order valence-corrected chi connectivity index (χ3v) is 5.82. The van der Waals surface area contributed by atoms with Gasteiger partial charge in [-0.2, -0.15) is 5.10 Å². The molecule has 0 amide bonds. The molecule has 6 heteroatoms. The zero-order chi connectivity index (χ0) is 20.9. The van der Waals surface area contributed by atoms with Crippen molar-refractivity contribution in [2.24, 2.45) is 0 Å². The molecule has 1 fully saturated rings. The topological polar surface area (TPSA) is 62.9 Å². The quantitative estimate of drug-likeness (QED) is 0.345. The van der Waals surface area contributed by atoms with Crippen molar-refractivity contribution in [1.82, 2.24) is 9.78 Å². The summed E-state index contributed by atoms with van der Waals surface area (Å²) in [6, 6.07) is 16.2. The fourth-order valence-electron chi connectivity index (χ4n) is 3.82. The summed E-state index contributed by atoms with van der Waals surface area (Å²) in [4.78, 5) is 0.923. The Morgan fingerprint density at radius 1 is 1.20 bits per heavy atom. The van der Waals surface area contributed by atoms with Crippen LogP contribution in [-0.2, 0) is 4.74 Å². The van der Waals surface area contributed by atoms with Gasteiger partial charge < -0.3 is 15.5 Å². The van der Waals surface area contributed by atoms with E-state index in [9.17, 15) is 0 Å². The second-order valence-corrected chi connectivity index (χ2v) is 8.12. The zero-order valence-corrected chi connectivity index (χ0v) is 18.2. The second kappa shape index (κ2) is 9.49. The summed E-state index contributed by atoms with van der Waals surface area (Å²) in [5, 5.41) is 16.5. The Balaban J connectivity index is 1.65. The van der Waals surface area contributed by atoms with Crippen LogP contribution in [0.1, 0.15) is 38.2 Å². The molecule has 0 aliphatic carbocycles. The number of thiol groups is 1. The molecule has 30 heavy (non-hydrogen) atoms. The minimum Gasteiger partial charge on any atom is -0.382 e. The standard InChI is InChI=1S/C24H28N4OS/c1-2-22(25)21-11-6-17(15-23(21)26-16-19-5-3-4-14-29-19)24-12-13-27-28(24)18-7-9-20(30)10-8-18/h6-13,15,19,25-26,30H,2-5,14,16H2,1H3. The minimum absolute atomic E-state index is 0.233. The highest BCUT2D eigenvalue weighted by molar-refractivity contribution is 7.80. The van der Waals surface area contributed by atoms with Crippen molar-refractivity contribution in [3.05, 3.63) is 60.3 Å². The molecular formula is C24H28N4OS. The van der Waals surface area contributed by atoms with Crippen LogP contribution in [0.4, 0.5) is 5.69 Å². The molecule has 5 nitrogen and oxygen atoms in total. The van der Waals surface area contributed by atoms with E-state index in [1.807, 2.05) is 54.2 Å².